The van der Waals surface area contributed by atoms with E-state index in [0.29, 0.717) is 34.8 Å². The van der Waals surface area contributed by atoms with E-state index in [9.17, 15) is 4.79 Å². The Morgan fingerprint density at radius 1 is 1.32 bits per heavy atom. The highest BCUT2D eigenvalue weighted by Crippen LogP contribution is 2.57. The predicted molar refractivity (Wildman–Crippen MR) is 121 cm³/mol. The highest BCUT2D eigenvalue weighted by molar-refractivity contribution is 8.00. The number of Topliss-reactive ketones (excluding diaryl/α,β-unsaturated/α-hetero) is 1. The lowest BCUT2D eigenvalue weighted by Gasteiger charge is -2.33. The van der Waals surface area contributed by atoms with E-state index >= 15 is 0 Å². The first-order chi connectivity index (χ1) is 13.5. The quantitative estimate of drug-likeness (QED) is 0.321. The van der Waals surface area contributed by atoms with Crippen LogP contribution in [-0.4, -0.2) is 40.3 Å². The van der Waals surface area contributed by atoms with Gasteiger partial charge in [0.05, 0.1) is 11.4 Å². The third kappa shape index (κ3) is 5.54. The number of thioether (sulfide) groups is 1. The van der Waals surface area contributed by atoms with Gasteiger partial charge in [0.1, 0.15) is 0 Å². The monoisotopic (exact) mass is 444 g/mol. The fraction of sp³-hybridized carbons (Fsp3) is 0.864. The van der Waals surface area contributed by atoms with Crippen molar-refractivity contribution in [1.29, 1.82) is 0 Å². The Bertz CT molecular complexity index is 607. The van der Waals surface area contributed by atoms with Gasteiger partial charge in [0, 0.05) is 47.9 Å². The molecule has 0 spiro atoms. The average Bonchev–Trinajstić information content (AvgIpc) is 3.15. The summed E-state index contributed by atoms with van der Waals surface area (Å²) in [4.78, 5) is 12.8. The number of alkyl halides is 2. The molecule has 0 aromatic rings. The maximum Gasteiger partial charge on any atom is 0.150 e. The van der Waals surface area contributed by atoms with Crippen LogP contribution in [0.15, 0.2) is 0 Å². The topological polar surface area (TPSA) is 41.1 Å². The summed E-state index contributed by atoms with van der Waals surface area (Å²) in [5.74, 6) is 5.41. The number of halogens is 2. The van der Waals surface area contributed by atoms with Crippen molar-refractivity contribution in [3.05, 3.63) is 0 Å². The molecule has 3 aliphatic rings. The zero-order valence-electron chi connectivity index (χ0n) is 17.1. The summed E-state index contributed by atoms with van der Waals surface area (Å²) in [7, 11) is 0. The smallest absolute Gasteiger partial charge is 0.150 e. The molecule has 2 saturated carbocycles. The summed E-state index contributed by atoms with van der Waals surface area (Å²) < 4.78 is 0. The second-order valence-corrected chi connectivity index (χ2v) is 11.0. The van der Waals surface area contributed by atoms with Gasteiger partial charge in [-0.15, -0.1) is 35.0 Å². The zero-order valence-corrected chi connectivity index (χ0v) is 19.4. The van der Waals surface area contributed by atoms with Crippen molar-refractivity contribution in [2.75, 3.05) is 12.3 Å². The van der Waals surface area contributed by atoms with E-state index in [1.54, 1.807) is 0 Å². The molecule has 3 fully saturated rings. The number of carbonyl (C=O) groups is 1. The van der Waals surface area contributed by atoms with Crippen LogP contribution >= 0.6 is 35.0 Å². The average molecular weight is 446 g/mol. The van der Waals surface area contributed by atoms with Crippen molar-refractivity contribution < 1.29 is 4.79 Å². The maximum absolute atomic E-state index is 12.8. The fourth-order valence-corrected chi connectivity index (χ4v) is 7.33. The van der Waals surface area contributed by atoms with E-state index in [1.165, 1.54) is 6.42 Å². The van der Waals surface area contributed by atoms with Gasteiger partial charge < -0.3 is 5.32 Å². The van der Waals surface area contributed by atoms with Gasteiger partial charge in [0.25, 0.3) is 0 Å². The van der Waals surface area contributed by atoms with E-state index in [4.69, 9.17) is 23.2 Å². The molecule has 0 amide bonds. The van der Waals surface area contributed by atoms with Crippen LogP contribution < -0.4 is 10.6 Å². The molecule has 1 heterocycles. The molecule has 2 N–H and O–H groups in total. The van der Waals surface area contributed by atoms with Gasteiger partial charge in [-0.2, -0.15) is 0 Å². The fourth-order valence-electron chi connectivity index (χ4n) is 4.84. The van der Waals surface area contributed by atoms with E-state index in [1.807, 2.05) is 11.8 Å². The number of rotatable bonds is 8. The number of ketones is 1. The van der Waals surface area contributed by atoms with Crippen LogP contribution in [0.25, 0.3) is 0 Å². The molecule has 3 rings (SSSR count). The zero-order chi connectivity index (χ0) is 20.1. The Balaban J connectivity index is 1.40. The van der Waals surface area contributed by atoms with Crippen LogP contribution in [-0.2, 0) is 4.79 Å². The van der Waals surface area contributed by atoms with Crippen LogP contribution in [0.2, 0.25) is 0 Å². The van der Waals surface area contributed by atoms with E-state index < -0.39 is 0 Å². The number of carbonyl (C=O) groups excluding carboxylic acids is 1. The molecular formula is C22H34Cl2N2OS. The van der Waals surface area contributed by atoms with Crippen molar-refractivity contribution >= 4 is 40.7 Å². The highest BCUT2D eigenvalue weighted by atomic mass is 35.5. The summed E-state index contributed by atoms with van der Waals surface area (Å²) in [6.07, 6.45) is 7.94. The Hall–Kier alpha value is -0.0800. The molecule has 3 nitrogen and oxygen atoms in total. The molecule has 0 aromatic carbocycles. The first-order valence-electron chi connectivity index (χ1n) is 10.9. The lowest BCUT2D eigenvalue weighted by Crippen LogP contribution is -2.43. The summed E-state index contributed by atoms with van der Waals surface area (Å²) in [5.41, 5.74) is 0.356. The van der Waals surface area contributed by atoms with Gasteiger partial charge in [0.15, 0.2) is 5.78 Å². The van der Waals surface area contributed by atoms with Gasteiger partial charge in [-0.3, -0.25) is 10.1 Å². The summed E-state index contributed by atoms with van der Waals surface area (Å²) in [6, 6.07) is 3.04. The predicted octanol–water partition coefficient (Wildman–Crippen LogP) is 4.76. The summed E-state index contributed by atoms with van der Waals surface area (Å²) >= 11 is 14.7. The number of hydrogen-bond acceptors (Lipinski definition) is 4. The van der Waals surface area contributed by atoms with Crippen molar-refractivity contribution in [3.8, 4) is 12.0 Å². The van der Waals surface area contributed by atoms with Crippen LogP contribution in [0.3, 0.4) is 0 Å². The minimum atomic E-state index is -0.00378. The Morgan fingerprint density at radius 2 is 2.14 bits per heavy atom. The highest BCUT2D eigenvalue weighted by Gasteiger charge is 2.51. The standard InChI is InChI=1S/C22H34Cl2N2OS/c1-3-5-10-25-14-22(4-2)12-15(22)6-9-20(27)19-13-28-21(26-19)17-8-7-16(23)11-18(17)24/h15-19,21,25-26H,3-4,6-9,11-14H2,1-2H3. The Morgan fingerprint density at radius 3 is 2.86 bits per heavy atom. The SMILES string of the molecule is CCC#CNCC1(CC)CC1CCC(=O)C1CSC(C2CCC(Cl)CC2Cl)N1. The molecule has 28 heavy (non-hydrogen) atoms. The summed E-state index contributed by atoms with van der Waals surface area (Å²) in [5, 5.41) is 7.50. The van der Waals surface area contributed by atoms with Gasteiger partial charge in [-0.25, -0.2) is 0 Å². The van der Waals surface area contributed by atoms with Crippen molar-refractivity contribution in [2.24, 2.45) is 17.3 Å². The normalized spacial score (nSPS) is 39.9. The van der Waals surface area contributed by atoms with Gasteiger partial charge in [-0.1, -0.05) is 19.8 Å². The first-order valence-corrected chi connectivity index (χ1v) is 12.8. The molecule has 7 atom stereocenters. The number of hydrogen-bond donors (Lipinski definition) is 2. The van der Waals surface area contributed by atoms with Crippen molar-refractivity contribution in [2.45, 2.75) is 87.4 Å². The molecule has 158 valence electrons. The number of nitrogens with one attached hydrogen (secondary N) is 2. The van der Waals surface area contributed by atoms with Gasteiger partial charge in [-0.05, 0) is 49.9 Å². The van der Waals surface area contributed by atoms with Crippen LogP contribution in [0, 0.1) is 29.2 Å². The largest absolute Gasteiger partial charge is 0.345 e. The third-order valence-corrected chi connectivity index (χ3v) is 9.21. The van der Waals surface area contributed by atoms with E-state index in [2.05, 4.69) is 36.4 Å². The molecule has 2 aliphatic carbocycles. The molecule has 0 aromatic heterocycles. The molecule has 6 heteroatoms. The van der Waals surface area contributed by atoms with E-state index in [0.717, 1.165) is 50.8 Å². The van der Waals surface area contributed by atoms with E-state index in [-0.39, 0.29) is 16.8 Å². The second-order valence-electron chi connectivity index (χ2n) is 8.69. The molecule has 0 radical (unpaired) electrons. The van der Waals surface area contributed by atoms with Crippen LogP contribution in [0.4, 0.5) is 0 Å². The Labute approximate surface area is 184 Å². The second kappa shape index (κ2) is 10.3. The van der Waals surface area contributed by atoms with Gasteiger partial charge in [0.2, 0.25) is 0 Å². The maximum atomic E-state index is 12.8. The third-order valence-electron chi connectivity index (χ3n) is 6.94. The first kappa shape index (κ1) is 22.6. The Kier molecular flexibility index (Phi) is 8.31. The molecule has 1 saturated heterocycles. The molecule has 1 aliphatic heterocycles. The molecule has 7 unspecified atom stereocenters. The molecule has 0 bridgehead atoms. The van der Waals surface area contributed by atoms with Crippen LogP contribution in [0.5, 0.6) is 0 Å². The summed E-state index contributed by atoms with van der Waals surface area (Å²) in [6.45, 7) is 5.27. The van der Waals surface area contributed by atoms with Crippen molar-refractivity contribution in [3.63, 3.8) is 0 Å². The lowest BCUT2D eigenvalue weighted by molar-refractivity contribution is -0.120. The lowest BCUT2D eigenvalue weighted by atomic mass is 9.88. The van der Waals surface area contributed by atoms with Crippen LogP contribution in [0.1, 0.15) is 65.2 Å². The molecular weight excluding hydrogens is 411 g/mol. The minimum absolute atomic E-state index is 0.00378. The van der Waals surface area contributed by atoms with Crippen molar-refractivity contribution in [1.82, 2.24) is 10.6 Å². The van der Waals surface area contributed by atoms with Gasteiger partial charge >= 0.3 is 0 Å². The minimum Gasteiger partial charge on any atom is -0.345 e.